The number of halogens is 1. The Morgan fingerprint density at radius 3 is 2.94 bits per heavy atom. The summed E-state index contributed by atoms with van der Waals surface area (Å²) in [5.41, 5.74) is 8.06. The van der Waals surface area contributed by atoms with E-state index in [0.717, 1.165) is 76.2 Å². The Morgan fingerprint density at radius 2 is 2.09 bits per heavy atom. The van der Waals surface area contributed by atoms with E-state index in [9.17, 15) is 0 Å². The van der Waals surface area contributed by atoms with Crippen molar-refractivity contribution in [1.82, 2.24) is 15.3 Å². The van der Waals surface area contributed by atoms with Gasteiger partial charge >= 0.3 is 0 Å². The van der Waals surface area contributed by atoms with Gasteiger partial charge in [-0.2, -0.15) is 0 Å². The van der Waals surface area contributed by atoms with Gasteiger partial charge in [0.15, 0.2) is 0 Å². The van der Waals surface area contributed by atoms with Crippen molar-refractivity contribution in [2.24, 2.45) is 0 Å². The number of aryl methyl sites for hydroxylation is 2. The molecule has 2 aromatic heterocycles. The van der Waals surface area contributed by atoms with Gasteiger partial charge in [0, 0.05) is 58.0 Å². The molecule has 0 bridgehead atoms. The summed E-state index contributed by atoms with van der Waals surface area (Å²) in [7, 11) is 0. The molecule has 1 atom stereocenters. The summed E-state index contributed by atoms with van der Waals surface area (Å²) >= 11 is 6.31. The van der Waals surface area contributed by atoms with Gasteiger partial charge in [0.2, 0.25) is 0 Å². The number of benzene rings is 1. The normalized spacial score (nSPS) is 17.8. The molecule has 32 heavy (non-hydrogen) atoms. The number of nitrogens with one attached hydrogen (secondary N) is 1. The number of allylic oxidation sites excluding steroid dienone is 2. The standard InChI is InChI=1S/C27H26ClN3O/c1-16-12-19(14-20(28)13-16)26-27-21(8-10-29-26)17(2)23(15-30-27)18(3)31-24-9-11-32-25-7-5-4-6-22(24)25/h4,6,8,10,12-15,24,31H,3,5,7,9,11H2,1-2H3. The van der Waals surface area contributed by atoms with Crippen LogP contribution >= 0.6 is 11.6 Å². The number of hydrogen-bond donors (Lipinski definition) is 1. The second kappa shape index (κ2) is 8.44. The second-order valence-corrected chi connectivity index (χ2v) is 8.94. The first-order valence-corrected chi connectivity index (χ1v) is 11.4. The van der Waals surface area contributed by atoms with Crippen LogP contribution in [0.2, 0.25) is 5.02 Å². The van der Waals surface area contributed by atoms with E-state index in [1.165, 1.54) is 5.57 Å². The highest BCUT2D eigenvalue weighted by Crippen LogP contribution is 2.33. The van der Waals surface area contributed by atoms with Crippen molar-refractivity contribution in [3.8, 4) is 11.3 Å². The van der Waals surface area contributed by atoms with Crippen LogP contribution in [0.25, 0.3) is 27.9 Å². The first-order chi connectivity index (χ1) is 15.5. The van der Waals surface area contributed by atoms with Crippen LogP contribution in [0.1, 0.15) is 36.0 Å². The van der Waals surface area contributed by atoms with Crippen molar-refractivity contribution in [3.05, 3.63) is 88.4 Å². The lowest BCUT2D eigenvalue weighted by Gasteiger charge is -2.31. The number of rotatable bonds is 4. The molecule has 0 saturated heterocycles. The van der Waals surface area contributed by atoms with Crippen molar-refractivity contribution in [2.75, 3.05) is 6.61 Å². The Kier molecular flexibility index (Phi) is 5.48. The minimum atomic E-state index is 0.209. The molecule has 5 heteroatoms. The Balaban J connectivity index is 1.50. The van der Waals surface area contributed by atoms with Crippen molar-refractivity contribution in [1.29, 1.82) is 0 Å². The van der Waals surface area contributed by atoms with Crippen LogP contribution in [0.5, 0.6) is 0 Å². The number of aromatic nitrogens is 2. The second-order valence-electron chi connectivity index (χ2n) is 8.50. The highest BCUT2D eigenvalue weighted by molar-refractivity contribution is 6.31. The van der Waals surface area contributed by atoms with E-state index in [1.54, 1.807) is 0 Å². The third-order valence-electron chi connectivity index (χ3n) is 6.26. The van der Waals surface area contributed by atoms with Crippen molar-refractivity contribution < 1.29 is 4.74 Å². The Morgan fingerprint density at radius 1 is 1.22 bits per heavy atom. The number of nitrogens with zero attached hydrogens (tertiary/aromatic N) is 2. The molecule has 162 valence electrons. The number of pyridine rings is 2. The number of ether oxygens (including phenoxy) is 1. The topological polar surface area (TPSA) is 47.0 Å². The van der Waals surface area contributed by atoms with Crippen LogP contribution in [-0.4, -0.2) is 22.6 Å². The Bertz CT molecular complexity index is 1270. The molecule has 0 spiro atoms. The molecule has 1 aliphatic heterocycles. The van der Waals surface area contributed by atoms with Gasteiger partial charge < -0.3 is 10.1 Å². The highest BCUT2D eigenvalue weighted by atomic mass is 35.5. The van der Waals surface area contributed by atoms with Gasteiger partial charge in [-0.1, -0.05) is 30.3 Å². The summed E-state index contributed by atoms with van der Waals surface area (Å²) in [5, 5.41) is 5.41. The summed E-state index contributed by atoms with van der Waals surface area (Å²) in [4.78, 5) is 9.44. The largest absolute Gasteiger partial charge is 0.497 e. The minimum absolute atomic E-state index is 0.209. The lowest BCUT2D eigenvalue weighted by Crippen LogP contribution is -2.34. The van der Waals surface area contributed by atoms with E-state index in [0.29, 0.717) is 5.02 Å². The summed E-state index contributed by atoms with van der Waals surface area (Å²) in [6.45, 7) is 9.25. The SMILES string of the molecule is C=C(NC1CCOC2=C1C=CCC2)c1cnc2c(-c3cc(C)cc(Cl)c3)nccc2c1C. The zero-order valence-electron chi connectivity index (χ0n) is 18.4. The van der Waals surface area contributed by atoms with Crippen LogP contribution < -0.4 is 5.32 Å². The predicted octanol–water partition coefficient (Wildman–Crippen LogP) is 6.52. The van der Waals surface area contributed by atoms with E-state index >= 15 is 0 Å². The third-order valence-corrected chi connectivity index (χ3v) is 6.48. The summed E-state index contributed by atoms with van der Waals surface area (Å²) < 4.78 is 5.88. The van der Waals surface area contributed by atoms with Crippen molar-refractivity contribution in [3.63, 3.8) is 0 Å². The molecule has 1 aliphatic carbocycles. The molecule has 1 aromatic carbocycles. The zero-order chi connectivity index (χ0) is 22.2. The van der Waals surface area contributed by atoms with Crippen molar-refractivity contribution >= 4 is 28.2 Å². The molecule has 5 rings (SSSR count). The van der Waals surface area contributed by atoms with Gasteiger partial charge in [0.1, 0.15) is 5.76 Å². The third kappa shape index (κ3) is 3.80. The number of hydrogen-bond acceptors (Lipinski definition) is 4. The molecule has 1 N–H and O–H groups in total. The summed E-state index contributed by atoms with van der Waals surface area (Å²) in [6, 6.07) is 8.21. The Hall–Kier alpha value is -3.11. The van der Waals surface area contributed by atoms with Crippen LogP contribution in [0.3, 0.4) is 0 Å². The first kappa shape index (κ1) is 20.8. The fourth-order valence-corrected chi connectivity index (χ4v) is 4.96. The molecule has 0 saturated carbocycles. The average molecular weight is 444 g/mol. The van der Waals surface area contributed by atoms with Crippen LogP contribution in [0.4, 0.5) is 0 Å². The molecule has 1 unspecified atom stereocenters. The first-order valence-electron chi connectivity index (χ1n) is 11.0. The smallest absolute Gasteiger partial charge is 0.101 e. The molecule has 0 fully saturated rings. The van der Waals surface area contributed by atoms with Gasteiger partial charge in [-0.25, -0.2) is 0 Å². The average Bonchev–Trinajstić information content (AvgIpc) is 2.78. The van der Waals surface area contributed by atoms with Gasteiger partial charge in [0.05, 0.1) is 23.9 Å². The van der Waals surface area contributed by atoms with E-state index in [4.69, 9.17) is 21.3 Å². The molecule has 3 heterocycles. The van der Waals surface area contributed by atoms with E-state index in [-0.39, 0.29) is 6.04 Å². The van der Waals surface area contributed by atoms with Crippen LogP contribution in [0.15, 0.2) is 66.7 Å². The molecular weight excluding hydrogens is 418 g/mol. The minimum Gasteiger partial charge on any atom is -0.497 e. The van der Waals surface area contributed by atoms with E-state index in [2.05, 4.69) is 42.0 Å². The summed E-state index contributed by atoms with van der Waals surface area (Å²) in [6.07, 6.45) is 11.1. The van der Waals surface area contributed by atoms with Crippen LogP contribution in [0, 0.1) is 13.8 Å². The maximum atomic E-state index is 6.31. The van der Waals surface area contributed by atoms with E-state index < -0.39 is 0 Å². The predicted molar refractivity (Wildman–Crippen MR) is 131 cm³/mol. The fourth-order valence-electron chi connectivity index (χ4n) is 4.67. The zero-order valence-corrected chi connectivity index (χ0v) is 19.2. The quantitative estimate of drug-likeness (QED) is 0.498. The van der Waals surface area contributed by atoms with Gasteiger partial charge in [0.25, 0.3) is 0 Å². The highest BCUT2D eigenvalue weighted by Gasteiger charge is 2.25. The molecule has 3 aromatic rings. The Labute approximate surface area is 193 Å². The van der Waals surface area contributed by atoms with Crippen molar-refractivity contribution in [2.45, 2.75) is 39.2 Å². The molecule has 4 nitrogen and oxygen atoms in total. The molecular formula is C27H26ClN3O. The summed E-state index contributed by atoms with van der Waals surface area (Å²) in [5.74, 6) is 1.12. The van der Waals surface area contributed by atoms with Gasteiger partial charge in [-0.15, -0.1) is 0 Å². The number of fused-ring (bicyclic) bond motifs is 1. The fraction of sp³-hybridized carbons (Fsp3) is 0.259. The van der Waals surface area contributed by atoms with Crippen LogP contribution in [-0.2, 0) is 4.74 Å². The maximum absolute atomic E-state index is 6.31. The molecule has 2 aliphatic rings. The molecule has 0 amide bonds. The monoisotopic (exact) mass is 443 g/mol. The van der Waals surface area contributed by atoms with E-state index in [1.807, 2.05) is 37.5 Å². The lowest BCUT2D eigenvalue weighted by molar-refractivity contribution is 0.168. The van der Waals surface area contributed by atoms with Gasteiger partial charge in [-0.3, -0.25) is 9.97 Å². The lowest BCUT2D eigenvalue weighted by atomic mass is 9.93. The molecule has 0 radical (unpaired) electrons. The maximum Gasteiger partial charge on any atom is 0.101 e. The van der Waals surface area contributed by atoms with Gasteiger partial charge in [-0.05, 0) is 55.7 Å².